The van der Waals surface area contributed by atoms with Gasteiger partial charge in [0.25, 0.3) is 0 Å². The molecule has 0 saturated heterocycles. The van der Waals surface area contributed by atoms with E-state index in [-0.39, 0.29) is 5.57 Å². The molecule has 0 aliphatic carbocycles. The number of hydrogen-bond donors (Lipinski definition) is 2. The topological polar surface area (TPSA) is 63.3 Å². The van der Waals surface area contributed by atoms with Crippen LogP contribution in [-0.4, -0.2) is 17.6 Å². The average molecular weight is 215 g/mol. The molecule has 0 radical (unpaired) electrons. The normalized spacial score (nSPS) is 9.00. The van der Waals surface area contributed by atoms with E-state index in [1.807, 2.05) is 0 Å². The molecule has 0 amide bonds. The molecule has 0 unspecified atom stereocenters. The van der Waals surface area contributed by atoms with Crippen molar-refractivity contribution in [2.45, 2.75) is 52.4 Å². The van der Waals surface area contributed by atoms with Crippen molar-refractivity contribution < 1.29 is 9.90 Å². The van der Waals surface area contributed by atoms with Crippen molar-refractivity contribution in [2.75, 3.05) is 6.54 Å². The Bertz CT molecular complexity index is 149. The first-order chi connectivity index (χ1) is 7.06. The molecule has 0 atom stereocenters. The molecule has 3 heteroatoms. The maximum Gasteiger partial charge on any atom is 0.330 e. The maximum atomic E-state index is 9.60. The summed E-state index contributed by atoms with van der Waals surface area (Å²) in [6.45, 7) is 7.71. The van der Waals surface area contributed by atoms with Crippen LogP contribution in [0.3, 0.4) is 0 Å². The zero-order valence-corrected chi connectivity index (χ0v) is 10.1. The van der Waals surface area contributed by atoms with Crippen molar-refractivity contribution in [3.8, 4) is 0 Å². The predicted octanol–water partition coefficient (Wildman–Crippen LogP) is 2.95. The van der Waals surface area contributed by atoms with Crippen LogP contribution in [-0.2, 0) is 4.79 Å². The number of hydrogen-bond acceptors (Lipinski definition) is 2. The first-order valence-electron chi connectivity index (χ1n) is 5.65. The molecule has 90 valence electrons. The molecule has 0 heterocycles. The van der Waals surface area contributed by atoms with Gasteiger partial charge >= 0.3 is 5.97 Å². The number of nitrogens with two attached hydrogens (primary N) is 1. The van der Waals surface area contributed by atoms with Crippen LogP contribution in [0.2, 0.25) is 0 Å². The highest BCUT2D eigenvalue weighted by Crippen LogP contribution is 2.03. The van der Waals surface area contributed by atoms with Gasteiger partial charge in [-0.25, -0.2) is 4.79 Å². The van der Waals surface area contributed by atoms with Crippen molar-refractivity contribution in [2.24, 2.45) is 5.73 Å². The van der Waals surface area contributed by atoms with E-state index < -0.39 is 5.97 Å². The highest BCUT2D eigenvalue weighted by atomic mass is 16.4. The minimum Gasteiger partial charge on any atom is -0.478 e. The largest absolute Gasteiger partial charge is 0.478 e. The Morgan fingerprint density at radius 3 is 1.93 bits per heavy atom. The van der Waals surface area contributed by atoms with Gasteiger partial charge in [0.15, 0.2) is 0 Å². The second-order valence-electron chi connectivity index (χ2n) is 3.64. The highest BCUT2D eigenvalue weighted by Gasteiger charge is 1.90. The van der Waals surface area contributed by atoms with Crippen LogP contribution in [0.15, 0.2) is 12.2 Å². The minimum atomic E-state index is -0.935. The number of carboxylic acid groups (broad SMARTS) is 1. The maximum absolute atomic E-state index is 9.60. The Labute approximate surface area is 93.4 Å². The second kappa shape index (κ2) is 13.2. The molecule has 0 rings (SSSR count). The van der Waals surface area contributed by atoms with E-state index in [4.69, 9.17) is 10.8 Å². The Kier molecular flexibility index (Phi) is 14.6. The SMILES string of the molecule is C=C(C)C(=O)O.CCCCCCCCN. The highest BCUT2D eigenvalue weighted by molar-refractivity contribution is 5.84. The van der Waals surface area contributed by atoms with E-state index in [2.05, 4.69) is 13.5 Å². The average Bonchev–Trinajstić information content (AvgIpc) is 2.18. The molecule has 3 nitrogen and oxygen atoms in total. The summed E-state index contributed by atoms with van der Waals surface area (Å²) >= 11 is 0. The van der Waals surface area contributed by atoms with Crippen LogP contribution >= 0.6 is 0 Å². The number of unbranched alkanes of at least 4 members (excludes halogenated alkanes) is 5. The quantitative estimate of drug-likeness (QED) is 0.507. The van der Waals surface area contributed by atoms with Gasteiger partial charge in [-0.05, 0) is 19.9 Å². The van der Waals surface area contributed by atoms with Gasteiger partial charge in [-0.2, -0.15) is 0 Å². The Hall–Kier alpha value is -0.830. The zero-order chi connectivity index (χ0) is 12.1. The van der Waals surface area contributed by atoms with Crippen molar-refractivity contribution >= 4 is 5.97 Å². The molecule has 0 fully saturated rings. The van der Waals surface area contributed by atoms with E-state index in [9.17, 15) is 4.79 Å². The summed E-state index contributed by atoms with van der Waals surface area (Å²) in [5, 5.41) is 7.89. The van der Waals surface area contributed by atoms with Crippen molar-refractivity contribution in [1.29, 1.82) is 0 Å². The summed E-state index contributed by atoms with van der Waals surface area (Å²) in [4.78, 5) is 9.60. The summed E-state index contributed by atoms with van der Waals surface area (Å²) < 4.78 is 0. The second-order valence-corrected chi connectivity index (χ2v) is 3.64. The van der Waals surface area contributed by atoms with Crippen molar-refractivity contribution in [3.05, 3.63) is 12.2 Å². The lowest BCUT2D eigenvalue weighted by atomic mass is 10.1. The van der Waals surface area contributed by atoms with Crippen LogP contribution in [0.5, 0.6) is 0 Å². The van der Waals surface area contributed by atoms with Crippen LogP contribution in [0.1, 0.15) is 52.4 Å². The van der Waals surface area contributed by atoms with Crippen LogP contribution in [0, 0.1) is 0 Å². The van der Waals surface area contributed by atoms with E-state index in [0.29, 0.717) is 0 Å². The lowest BCUT2D eigenvalue weighted by Crippen LogP contribution is -1.97. The number of aliphatic carboxylic acids is 1. The van der Waals surface area contributed by atoms with Gasteiger partial charge in [-0.1, -0.05) is 45.6 Å². The molecular weight excluding hydrogens is 190 g/mol. The number of carboxylic acids is 1. The summed E-state index contributed by atoms with van der Waals surface area (Å²) in [7, 11) is 0. The fourth-order valence-corrected chi connectivity index (χ4v) is 0.925. The Morgan fingerprint density at radius 1 is 1.20 bits per heavy atom. The van der Waals surface area contributed by atoms with Gasteiger partial charge in [-0.15, -0.1) is 0 Å². The minimum absolute atomic E-state index is 0.176. The Morgan fingerprint density at radius 2 is 1.60 bits per heavy atom. The van der Waals surface area contributed by atoms with Crippen LogP contribution < -0.4 is 5.73 Å². The molecule has 3 N–H and O–H groups in total. The zero-order valence-electron chi connectivity index (χ0n) is 10.1. The number of rotatable bonds is 7. The molecule has 15 heavy (non-hydrogen) atoms. The van der Waals surface area contributed by atoms with E-state index >= 15 is 0 Å². The fourth-order valence-electron chi connectivity index (χ4n) is 0.925. The molecule has 0 aliphatic rings. The fraction of sp³-hybridized carbons (Fsp3) is 0.750. The van der Waals surface area contributed by atoms with Crippen molar-refractivity contribution in [1.82, 2.24) is 0 Å². The van der Waals surface area contributed by atoms with Crippen LogP contribution in [0.25, 0.3) is 0 Å². The third kappa shape index (κ3) is 19.5. The third-order valence-electron chi connectivity index (χ3n) is 1.92. The monoisotopic (exact) mass is 215 g/mol. The first-order valence-corrected chi connectivity index (χ1v) is 5.65. The van der Waals surface area contributed by atoms with Crippen LogP contribution in [0.4, 0.5) is 0 Å². The van der Waals surface area contributed by atoms with E-state index in [1.165, 1.54) is 45.4 Å². The van der Waals surface area contributed by atoms with Gasteiger partial charge < -0.3 is 10.8 Å². The third-order valence-corrected chi connectivity index (χ3v) is 1.92. The van der Waals surface area contributed by atoms with Gasteiger partial charge in [0, 0.05) is 5.57 Å². The summed E-state index contributed by atoms with van der Waals surface area (Å²) in [6, 6.07) is 0. The summed E-state index contributed by atoms with van der Waals surface area (Å²) in [6.07, 6.45) is 8.05. The number of carbonyl (C=O) groups is 1. The smallest absolute Gasteiger partial charge is 0.330 e. The van der Waals surface area contributed by atoms with Gasteiger partial charge in [0.05, 0.1) is 0 Å². The van der Waals surface area contributed by atoms with Gasteiger partial charge in [0.2, 0.25) is 0 Å². The standard InChI is InChI=1S/C8H19N.C4H6O2/c1-2-3-4-5-6-7-8-9;1-3(2)4(5)6/h2-9H2,1H3;1H2,2H3,(H,5,6). The molecule has 0 aromatic carbocycles. The first kappa shape index (κ1) is 16.6. The van der Waals surface area contributed by atoms with Crippen molar-refractivity contribution in [3.63, 3.8) is 0 Å². The molecule has 0 saturated carbocycles. The van der Waals surface area contributed by atoms with Gasteiger partial charge in [0.1, 0.15) is 0 Å². The Balaban J connectivity index is 0. The van der Waals surface area contributed by atoms with E-state index in [1.54, 1.807) is 0 Å². The molecule has 0 aromatic heterocycles. The molecule has 0 bridgehead atoms. The molecule has 0 aromatic rings. The predicted molar refractivity (Wildman–Crippen MR) is 64.9 cm³/mol. The molecular formula is C12H25NO2. The molecule has 0 spiro atoms. The lowest BCUT2D eigenvalue weighted by molar-refractivity contribution is -0.132. The van der Waals surface area contributed by atoms with E-state index in [0.717, 1.165) is 6.54 Å². The lowest BCUT2D eigenvalue weighted by Gasteiger charge is -1.96. The van der Waals surface area contributed by atoms with Gasteiger partial charge in [-0.3, -0.25) is 0 Å². The molecule has 0 aliphatic heterocycles. The summed E-state index contributed by atoms with van der Waals surface area (Å²) in [5.74, 6) is -0.935. The summed E-state index contributed by atoms with van der Waals surface area (Å²) in [5.41, 5.74) is 5.52.